The summed E-state index contributed by atoms with van der Waals surface area (Å²) in [5.41, 5.74) is 0.423. The predicted molar refractivity (Wildman–Crippen MR) is 79.3 cm³/mol. The predicted octanol–water partition coefficient (Wildman–Crippen LogP) is 1.91. The molecule has 0 aromatic heterocycles. The number of benzene rings is 1. The Hall–Kier alpha value is -1.56. The number of methoxy groups -OCH3 is 1. The minimum Gasteiger partial charge on any atom is -0.497 e. The molecule has 0 bridgehead atoms. The highest BCUT2D eigenvalue weighted by Gasteiger charge is 2.47. The lowest BCUT2D eigenvalue weighted by Gasteiger charge is -2.13. The highest BCUT2D eigenvalue weighted by atomic mass is 32.2. The summed E-state index contributed by atoms with van der Waals surface area (Å²) in [6.07, 6.45) is 1.78. The molecule has 0 unspecified atom stereocenters. The number of rotatable bonds is 8. The molecule has 0 atom stereocenters. The van der Waals surface area contributed by atoms with Crippen LogP contribution in [0.25, 0.3) is 0 Å². The van der Waals surface area contributed by atoms with E-state index < -0.39 is 21.2 Å². The van der Waals surface area contributed by atoms with Crippen molar-refractivity contribution >= 4 is 15.8 Å². The monoisotopic (exact) mass is 312 g/mol. The second-order valence-corrected chi connectivity index (χ2v) is 7.94. The van der Waals surface area contributed by atoms with Gasteiger partial charge in [0, 0.05) is 0 Å². The van der Waals surface area contributed by atoms with E-state index in [0.29, 0.717) is 19.3 Å². The molecule has 116 valence electrons. The molecule has 1 fully saturated rings. The molecule has 1 N–H and O–H groups in total. The molecule has 1 saturated carbocycles. The molecule has 0 spiro atoms. The number of sulfone groups is 1. The average Bonchev–Trinajstić information content (AvgIpc) is 3.14. The van der Waals surface area contributed by atoms with E-state index in [1.54, 1.807) is 19.2 Å². The Morgan fingerprint density at radius 2 is 1.90 bits per heavy atom. The van der Waals surface area contributed by atoms with Gasteiger partial charge in [0.1, 0.15) is 5.75 Å². The first kappa shape index (κ1) is 15.8. The summed E-state index contributed by atoms with van der Waals surface area (Å²) in [5.74, 6) is -0.138. The van der Waals surface area contributed by atoms with Crippen molar-refractivity contribution in [2.75, 3.05) is 18.6 Å². The smallest absolute Gasteiger partial charge is 0.303 e. The molecule has 2 rings (SSSR count). The van der Waals surface area contributed by atoms with E-state index in [1.807, 2.05) is 12.1 Å². The van der Waals surface area contributed by atoms with Gasteiger partial charge in [-0.05, 0) is 42.4 Å². The van der Waals surface area contributed by atoms with Gasteiger partial charge in [-0.1, -0.05) is 12.1 Å². The first-order chi connectivity index (χ1) is 9.84. The minimum atomic E-state index is -3.23. The second kappa shape index (κ2) is 6.05. The third-order valence-corrected chi connectivity index (χ3v) is 5.75. The van der Waals surface area contributed by atoms with Crippen molar-refractivity contribution in [1.82, 2.24) is 0 Å². The standard InChI is InChI=1S/C15H20O5S/c1-20-13-4-2-12(3-5-13)6-9-21(18,19)11-15(7-8-15)10-14(16)17/h2-5H,6-11H2,1H3,(H,16,17). The van der Waals surface area contributed by atoms with E-state index in [9.17, 15) is 13.2 Å². The van der Waals surface area contributed by atoms with Crippen LogP contribution in [0.15, 0.2) is 24.3 Å². The lowest BCUT2D eigenvalue weighted by atomic mass is 10.1. The largest absolute Gasteiger partial charge is 0.497 e. The van der Waals surface area contributed by atoms with Crippen LogP contribution in [-0.4, -0.2) is 38.1 Å². The van der Waals surface area contributed by atoms with Crippen LogP contribution in [0.4, 0.5) is 0 Å². The lowest BCUT2D eigenvalue weighted by molar-refractivity contribution is -0.138. The van der Waals surface area contributed by atoms with E-state index >= 15 is 0 Å². The molecule has 1 aliphatic carbocycles. The number of carboxylic acid groups (broad SMARTS) is 1. The van der Waals surface area contributed by atoms with Crippen LogP contribution in [0.1, 0.15) is 24.8 Å². The van der Waals surface area contributed by atoms with E-state index in [-0.39, 0.29) is 17.9 Å². The van der Waals surface area contributed by atoms with Crippen LogP contribution in [0, 0.1) is 5.41 Å². The Morgan fingerprint density at radius 1 is 1.29 bits per heavy atom. The zero-order valence-electron chi connectivity index (χ0n) is 12.0. The Bertz CT molecular complexity index is 599. The fourth-order valence-corrected chi connectivity index (χ4v) is 4.49. The van der Waals surface area contributed by atoms with Crippen molar-refractivity contribution in [3.05, 3.63) is 29.8 Å². The summed E-state index contributed by atoms with van der Waals surface area (Å²) in [6, 6.07) is 7.29. The number of ether oxygens (including phenoxy) is 1. The quantitative estimate of drug-likeness (QED) is 0.793. The van der Waals surface area contributed by atoms with Crippen molar-refractivity contribution in [3.63, 3.8) is 0 Å². The zero-order valence-corrected chi connectivity index (χ0v) is 12.9. The molecule has 5 nitrogen and oxygen atoms in total. The summed E-state index contributed by atoms with van der Waals surface area (Å²) in [5, 5.41) is 8.84. The van der Waals surface area contributed by atoms with Gasteiger partial charge in [0.15, 0.2) is 9.84 Å². The number of carbonyl (C=O) groups is 1. The van der Waals surface area contributed by atoms with Gasteiger partial charge in [-0.3, -0.25) is 4.79 Å². The maximum atomic E-state index is 12.1. The second-order valence-electron chi connectivity index (χ2n) is 5.76. The third-order valence-electron chi connectivity index (χ3n) is 3.87. The topological polar surface area (TPSA) is 80.7 Å². The molecule has 1 aliphatic rings. The zero-order chi connectivity index (χ0) is 15.5. The van der Waals surface area contributed by atoms with Gasteiger partial charge < -0.3 is 9.84 Å². The molecular weight excluding hydrogens is 292 g/mol. The highest BCUT2D eigenvalue weighted by molar-refractivity contribution is 7.91. The number of carboxylic acids is 1. The first-order valence-electron chi connectivity index (χ1n) is 6.89. The summed E-state index contributed by atoms with van der Waals surface area (Å²) >= 11 is 0. The van der Waals surface area contributed by atoms with Crippen molar-refractivity contribution in [3.8, 4) is 5.75 Å². The molecule has 0 radical (unpaired) electrons. The van der Waals surface area contributed by atoms with Crippen LogP contribution in [0.2, 0.25) is 0 Å². The molecule has 0 aliphatic heterocycles. The minimum absolute atomic E-state index is 0.0115. The van der Waals surface area contributed by atoms with E-state index in [4.69, 9.17) is 9.84 Å². The number of hydrogen-bond donors (Lipinski definition) is 1. The number of aliphatic carboxylic acids is 1. The maximum absolute atomic E-state index is 12.1. The van der Waals surface area contributed by atoms with Crippen LogP contribution in [0.5, 0.6) is 5.75 Å². The van der Waals surface area contributed by atoms with Gasteiger partial charge in [-0.25, -0.2) is 8.42 Å². The van der Waals surface area contributed by atoms with E-state index in [0.717, 1.165) is 11.3 Å². The molecule has 0 heterocycles. The third kappa shape index (κ3) is 4.74. The van der Waals surface area contributed by atoms with Gasteiger partial charge in [-0.15, -0.1) is 0 Å². The highest BCUT2D eigenvalue weighted by Crippen LogP contribution is 2.49. The Morgan fingerprint density at radius 3 is 2.38 bits per heavy atom. The van der Waals surface area contributed by atoms with E-state index in [1.165, 1.54) is 0 Å². The molecular formula is C15H20O5S. The normalized spacial score (nSPS) is 16.4. The van der Waals surface area contributed by atoms with E-state index in [2.05, 4.69) is 0 Å². The van der Waals surface area contributed by atoms with Crippen LogP contribution >= 0.6 is 0 Å². The van der Waals surface area contributed by atoms with Crippen molar-refractivity contribution < 1.29 is 23.1 Å². The molecule has 6 heteroatoms. The van der Waals surface area contributed by atoms with Gasteiger partial charge in [-0.2, -0.15) is 0 Å². The Balaban J connectivity index is 1.90. The van der Waals surface area contributed by atoms with Gasteiger partial charge in [0.25, 0.3) is 0 Å². The molecule has 0 amide bonds. The summed E-state index contributed by atoms with van der Waals surface area (Å²) in [6.45, 7) is 0. The molecule has 0 saturated heterocycles. The fraction of sp³-hybridized carbons (Fsp3) is 0.533. The van der Waals surface area contributed by atoms with Crippen molar-refractivity contribution in [1.29, 1.82) is 0 Å². The molecule has 21 heavy (non-hydrogen) atoms. The summed E-state index contributed by atoms with van der Waals surface area (Å²) in [4.78, 5) is 10.8. The van der Waals surface area contributed by atoms with Crippen LogP contribution < -0.4 is 4.74 Å². The van der Waals surface area contributed by atoms with Gasteiger partial charge in [0.05, 0.1) is 25.0 Å². The Labute approximate surface area is 124 Å². The van der Waals surface area contributed by atoms with Crippen molar-refractivity contribution in [2.24, 2.45) is 5.41 Å². The molecule has 1 aromatic carbocycles. The van der Waals surface area contributed by atoms with Crippen molar-refractivity contribution in [2.45, 2.75) is 25.7 Å². The lowest BCUT2D eigenvalue weighted by Crippen LogP contribution is -2.23. The van der Waals surface area contributed by atoms with Crippen LogP contribution in [0.3, 0.4) is 0 Å². The fourth-order valence-electron chi connectivity index (χ4n) is 2.47. The summed E-state index contributed by atoms with van der Waals surface area (Å²) < 4.78 is 29.3. The number of hydrogen-bond acceptors (Lipinski definition) is 4. The molecule has 1 aromatic rings. The maximum Gasteiger partial charge on any atom is 0.303 e. The Kier molecular flexibility index (Phi) is 4.56. The first-order valence-corrected chi connectivity index (χ1v) is 8.71. The van der Waals surface area contributed by atoms with Crippen LogP contribution in [-0.2, 0) is 21.1 Å². The average molecular weight is 312 g/mol. The van der Waals surface area contributed by atoms with Gasteiger partial charge in [0.2, 0.25) is 0 Å². The SMILES string of the molecule is COc1ccc(CCS(=O)(=O)CC2(CC(=O)O)CC2)cc1. The van der Waals surface area contributed by atoms with Gasteiger partial charge >= 0.3 is 5.97 Å². The number of aryl methyl sites for hydroxylation is 1. The summed E-state index contributed by atoms with van der Waals surface area (Å²) in [7, 11) is -1.65.